The Bertz CT molecular complexity index is 1030. The number of H-pyrrole nitrogens is 1. The molecule has 3 N–H and O–H groups in total. The van der Waals surface area contributed by atoms with Crippen molar-refractivity contribution >= 4 is 16.8 Å². The van der Waals surface area contributed by atoms with Crippen LogP contribution in [0.4, 0.5) is 0 Å². The van der Waals surface area contributed by atoms with E-state index in [-0.39, 0.29) is 17.6 Å². The molecule has 1 aromatic carbocycles. The molecule has 0 saturated carbocycles. The Morgan fingerprint density at radius 2 is 2.10 bits per heavy atom. The minimum absolute atomic E-state index is 0.169. The second kappa shape index (κ2) is 7.61. The number of nitrogens with one attached hydrogen (secondary N) is 2. The van der Waals surface area contributed by atoms with Crippen LogP contribution in [-0.4, -0.2) is 50.6 Å². The van der Waals surface area contributed by atoms with Crippen molar-refractivity contribution in [2.45, 2.75) is 45.4 Å². The molecular weight excluding hydrogens is 364 g/mol. The van der Waals surface area contributed by atoms with Crippen molar-refractivity contribution in [3.8, 4) is 11.3 Å². The normalized spacial score (nSPS) is 17.7. The molecular formula is C23H28N4O2. The fraction of sp³-hybridized carbons (Fsp3) is 0.391. The number of hydrogen-bond acceptors (Lipinski definition) is 4. The number of fused-ring (bicyclic) bond motifs is 1. The third-order valence-corrected chi connectivity index (χ3v) is 5.08. The summed E-state index contributed by atoms with van der Waals surface area (Å²) in [6.07, 6.45) is 0.634. The number of aliphatic hydroxyl groups is 1. The summed E-state index contributed by atoms with van der Waals surface area (Å²) in [6.45, 7) is 8.32. The number of likely N-dealkylation sites (tertiary alicyclic amines) is 1. The number of aliphatic hydroxyl groups excluding tert-OH is 1. The predicted molar refractivity (Wildman–Crippen MR) is 115 cm³/mol. The predicted octanol–water partition coefficient (Wildman–Crippen LogP) is 3.32. The molecule has 6 heteroatoms. The molecule has 152 valence electrons. The fourth-order valence-electron chi connectivity index (χ4n) is 3.76. The number of benzene rings is 1. The summed E-state index contributed by atoms with van der Waals surface area (Å²) in [6, 6.07) is 13.9. The van der Waals surface area contributed by atoms with Gasteiger partial charge in [0.25, 0.3) is 5.91 Å². The van der Waals surface area contributed by atoms with E-state index in [2.05, 4.69) is 38.4 Å². The lowest BCUT2D eigenvalue weighted by Gasteiger charge is -2.20. The second-order valence-electron chi connectivity index (χ2n) is 8.89. The Kier molecular flexibility index (Phi) is 5.15. The van der Waals surface area contributed by atoms with Gasteiger partial charge >= 0.3 is 0 Å². The minimum atomic E-state index is -0.305. The molecule has 1 amide bonds. The van der Waals surface area contributed by atoms with Gasteiger partial charge in [-0.1, -0.05) is 12.1 Å². The van der Waals surface area contributed by atoms with Crippen molar-refractivity contribution in [2.24, 2.45) is 0 Å². The molecule has 0 unspecified atom stereocenters. The van der Waals surface area contributed by atoms with Gasteiger partial charge in [-0.25, -0.2) is 4.98 Å². The molecule has 3 aromatic rings. The van der Waals surface area contributed by atoms with E-state index in [0.29, 0.717) is 5.69 Å². The summed E-state index contributed by atoms with van der Waals surface area (Å²) in [5, 5.41) is 13.8. The van der Waals surface area contributed by atoms with Crippen LogP contribution in [0.5, 0.6) is 0 Å². The number of amides is 1. The first kappa shape index (κ1) is 19.6. The van der Waals surface area contributed by atoms with Crippen molar-refractivity contribution in [3.05, 3.63) is 53.9 Å². The number of carbonyl (C=O) groups is 1. The van der Waals surface area contributed by atoms with Crippen LogP contribution in [0.25, 0.3) is 22.2 Å². The summed E-state index contributed by atoms with van der Waals surface area (Å²) in [5.41, 5.74) is 4.08. The summed E-state index contributed by atoms with van der Waals surface area (Å²) in [7, 11) is 0. The van der Waals surface area contributed by atoms with E-state index in [1.165, 1.54) is 0 Å². The number of aromatic nitrogens is 2. The molecule has 3 heterocycles. The summed E-state index contributed by atoms with van der Waals surface area (Å²) in [5.74, 6) is -0.169. The third-order valence-electron chi connectivity index (χ3n) is 5.08. The molecule has 6 nitrogen and oxygen atoms in total. The molecule has 1 aliphatic heterocycles. The summed E-state index contributed by atoms with van der Waals surface area (Å²) in [4.78, 5) is 22.7. The lowest BCUT2D eigenvalue weighted by atomic mass is 10.1. The first-order chi connectivity index (χ1) is 13.8. The standard InChI is InChI=1S/C23H28N4O2/c1-23(2,3)26-22(29)21-6-4-5-19(25-21)15-7-8-20-16(11-15)12-17(24-20)13-27-10-9-18(28)14-27/h4-8,11-12,18,24,28H,9-10,13-14H2,1-3H3,(H,26,29)/t18-/m0/s1. The number of β-amino-alcohol motifs (C(OH)–C–C–N with tert-alkyl or cyclic N) is 1. The molecule has 0 aliphatic carbocycles. The number of hydrogen-bond donors (Lipinski definition) is 3. The minimum Gasteiger partial charge on any atom is -0.392 e. The fourth-order valence-corrected chi connectivity index (χ4v) is 3.76. The van der Waals surface area contributed by atoms with Crippen molar-refractivity contribution in [1.82, 2.24) is 20.2 Å². The average Bonchev–Trinajstić information content (AvgIpc) is 3.25. The topological polar surface area (TPSA) is 81.2 Å². The molecule has 4 rings (SSSR count). The maximum atomic E-state index is 12.4. The number of carbonyl (C=O) groups excluding carboxylic acids is 1. The molecule has 0 radical (unpaired) electrons. The highest BCUT2D eigenvalue weighted by molar-refractivity contribution is 5.93. The number of aromatic amines is 1. The lowest BCUT2D eigenvalue weighted by molar-refractivity contribution is 0.0914. The maximum Gasteiger partial charge on any atom is 0.270 e. The molecule has 1 saturated heterocycles. The SMILES string of the molecule is CC(C)(C)NC(=O)c1cccc(-c2ccc3[nH]c(CN4CC[C@H](O)C4)cc3c2)n1. The zero-order valence-corrected chi connectivity index (χ0v) is 17.2. The highest BCUT2D eigenvalue weighted by Gasteiger charge is 2.20. The van der Waals surface area contributed by atoms with Gasteiger partial charge in [0.15, 0.2) is 0 Å². The number of pyridine rings is 1. The Balaban J connectivity index is 1.56. The Labute approximate surface area is 171 Å². The molecule has 29 heavy (non-hydrogen) atoms. The highest BCUT2D eigenvalue weighted by Crippen LogP contribution is 2.25. The van der Waals surface area contributed by atoms with Gasteiger partial charge in [-0.3, -0.25) is 9.69 Å². The molecule has 0 spiro atoms. The Morgan fingerprint density at radius 1 is 1.28 bits per heavy atom. The van der Waals surface area contributed by atoms with Gasteiger partial charge in [0.2, 0.25) is 0 Å². The second-order valence-corrected chi connectivity index (χ2v) is 8.89. The maximum absolute atomic E-state index is 12.4. The summed E-state index contributed by atoms with van der Waals surface area (Å²) >= 11 is 0. The van der Waals surface area contributed by atoms with Crippen LogP contribution in [-0.2, 0) is 6.54 Å². The average molecular weight is 393 g/mol. The van der Waals surface area contributed by atoms with Gasteiger partial charge in [-0.05, 0) is 57.5 Å². The molecule has 1 atom stereocenters. The third kappa shape index (κ3) is 4.66. The zero-order valence-electron chi connectivity index (χ0n) is 17.2. The van der Waals surface area contributed by atoms with Gasteiger partial charge in [0.05, 0.1) is 11.8 Å². The lowest BCUT2D eigenvalue weighted by Crippen LogP contribution is -2.40. The molecule has 1 aliphatic rings. The summed E-state index contributed by atoms with van der Waals surface area (Å²) < 4.78 is 0. The van der Waals surface area contributed by atoms with E-state index < -0.39 is 0 Å². The van der Waals surface area contributed by atoms with Gasteiger partial charge in [-0.15, -0.1) is 0 Å². The van der Waals surface area contributed by atoms with E-state index in [0.717, 1.165) is 53.9 Å². The van der Waals surface area contributed by atoms with Gasteiger partial charge in [-0.2, -0.15) is 0 Å². The van der Waals surface area contributed by atoms with Crippen molar-refractivity contribution < 1.29 is 9.90 Å². The van der Waals surface area contributed by atoms with Crippen molar-refractivity contribution in [1.29, 1.82) is 0 Å². The Morgan fingerprint density at radius 3 is 2.83 bits per heavy atom. The number of rotatable bonds is 4. The van der Waals surface area contributed by atoms with Crippen LogP contribution < -0.4 is 5.32 Å². The van der Waals surface area contributed by atoms with E-state index >= 15 is 0 Å². The van der Waals surface area contributed by atoms with Crippen LogP contribution in [0.1, 0.15) is 43.4 Å². The van der Waals surface area contributed by atoms with Gasteiger partial charge < -0.3 is 15.4 Å². The van der Waals surface area contributed by atoms with E-state index in [1.807, 2.05) is 39.0 Å². The quantitative estimate of drug-likeness (QED) is 0.636. The first-order valence-corrected chi connectivity index (χ1v) is 10.1. The molecule has 2 aromatic heterocycles. The van der Waals surface area contributed by atoms with Gasteiger partial charge in [0.1, 0.15) is 5.69 Å². The van der Waals surface area contributed by atoms with Gasteiger partial charge in [0, 0.05) is 47.3 Å². The monoisotopic (exact) mass is 392 g/mol. The smallest absolute Gasteiger partial charge is 0.270 e. The van der Waals surface area contributed by atoms with Crippen LogP contribution in [0.2, 0.25) is 0 Å². The van der Waals surface area contributed by atoms with Crippen LogP contribution in [0.3, 0.4) is 0 Å². The molecule has 0 bridgehead atoms. The Hall–Kier alpha value is -2.70. The van der Waals surface area contributed by atoms with Crippen LogP contribution >= 0.6 is 0 Å². The van der Waals surface area contributed by atoms with Crippen molar-refractivity contribution in [2.75, 3.05) is 13.1 Å². The van der Waals surface area contributed by atoms with Crippen LogP contribution in [0, 0.1) is 0 Å². The first-order valence-electron chi connectivity index (χ1n) is 10.1. The van der Waals surface area contributed by atoms with Crippen LogP contribution in [0.15, 0.2) is 42.5 Å². The van der Waals surface area contributed by atoms with E-state index in [4.69, 9.17) is 0 Å². The largest absolute Gasteiger partial charge is 0.392 e. The highest BCUT2D eigenvalue weighted by atomic mass is 16.3. The zero-order chi connectivity index (χ0) is 20.6. The van der Waals surface area contributed by atoms with Crippen molar-refractivity contribution in [3.63, 3.8) is 0 Å². The van der Waals surface area contributed by atoms with E-state index in [1.54, 1.807) is 6.07 Å². The van der Waals surface area contributed by atoms with E-state index in [9.17, 15) is 9.90 Å². The number of nitrogens with zero attached hydrogens (tertiary/aromatic N) is 2. The molecule has 1 fully saturated rings.